The summed E-state index contributed by atoms with van der Waals surface area (Å²) in [6, 6.07) is 14.8. The number of benzene rings is 2. The molecule has 1 heterocycles. The first-order valence-electron chi connectivity index (χ1n) is 7.61. The summed E-state index contributed by atoms with van der Waals surface area (Å²) >= 11 is 0. The van der Waals surface area contributed by atoms with Crippen LogP contribution >= 0.6 is 0 Å². The van der Waals surface area contributed by atoms with Gasteiger partial charge in [0.15, 0.2) is 13.2 Å². The van der Waals surface area contributed by atoms with Crippen LogP contribution in [-0.2, 0) is 14.3 Å². The van der Waals surface area contributed by atoms with Crippen molar-refractivity contribution in [3.8, 4) is 5.88 Å². The maximum atomic E-state index is 12.0. The Morgan fingerprint density at radius 3 is 2.72 bits per heavy atom. The minimum Gasteiger partial charge on any atom is -0.463 e. The number of amides is 1. The van der Waals surface area contributed by atoms with E-state index in [1.54, 1.807) is 19.1 Å². The number of aryl methyl sites for hydroxylation is 1. The number of ether oxygens (including phenoxy) is 2. The monoisotopic (exact) mass is 340 g/mol. The summed E-state index contributed by atoms with van der Waals surface area (Å²) in [5.41, 5.74) is 0.661. The van der Waals surface area contributed by atoms with Crippen molar-refractivity contribution >= 4 is 28.3 Å². The minimum atomic E-state index is -0.672. The largest absolute Gasteiger partial charge is 0.463 e. The van der Waals surface area contributed by atoms with Crippen LogP contribution in [0, 0.1) is 6.92 Å². The summed E-state index contributed by atoms with van der Waals surface area (Å²) in [7, 11) is 0. The molecule has 0 radical (unpaired) electrons. The lowest BCUT2D eigenvalue weighted by Crippen LogP contribution is -2.23. The molecule has 128 valence electrons. The molecule has 0 fully saturated rings. The number of carbonyl (C=O) groups excluding carboxylic acids is 2. The van der Waals surface area contributed by atoms with E-state index in [9.17, 15) is 9.59 Å². The summed E-state index contributed by atoms with van der Waals surface area (Å²) in [6.07, 6.45) is 0. The van der Waals surface area contributed by atoms with Crippen LogP contribution in [0.25, 0.3) is 10.8 Å². The molecule has 0 aliphatic heterocycles. The highest BCUT2D eigenvalue weighted by molar-refractivity contribution is 6.02. The van der Waals surface area contributed by atoms with Crippen molar-refractivity contribution in [3.63, 3.8) is 0 Å². The second-order valence-electron chi connectivity index (χ2n) is 5.30. The SMILES string of the molecule is Cc1cc(OCC(=O)OCC(=O)Nc2cccc3ccccc23)no1. The van der Waals surface area contributed by atoms with E-state index in [1.165, 1.54) is 0 Å². The second-order valence-corrected chi connectivity index (χ2v) is 5.30. The van der Waals surface area contributed by atoms with Gasteiger partial charge in [0.1, 0.15) is 5.76 Å². The summed E-state index contributed by atoms with van der Waals surface area (Å²) in [5, 5.41) is 8.24. The number of rotatable bonds is 6. The Bertz CT molecular complexity index is 898. The first kappa shape index (κ1) is 16.5. The highest BCUT2D eigenvalue weighted by Crippen LogP contribution is 2.22. The maximum absolute atomic E-state index is 12.0. The summed E-state index contributed by atoms with van der Waals surface area (Å²) in [5.74, 6) is -0.344. The van der Waals surface area contributed by atoms with E-state index in [0.717, 1.165) is 10.8 Å². The highest BCUT2D eigenvalue weighted by atomic mass is 16.6. The number of carbonyl (C=O) groups is 2. The predicted octanol–water partition coefficient (Wildman–Crippen LogP) is 2.70. The Hall–Kier alpha value is -3.35. The minimum absolute atomic E-state index is 0.189. The molecule has 1 aromatic heterocycles. The third kappa shape index (κ3) is 4.35. The molecule has 25 heavy (non-hydrogen) atoms. The van der Waals surface area contributed by atoms with Crippen molar-refractivity contribution in [1.29, 1.82) is 0 Å². The molecule has 0 saturated heterocycles. The Morgan fingerprint density at radius 1 is 1.12 bits per heavy atom. The molecule has 0 aliphatic rings. The van der Waals surface area contributed by atoms with Gasteiger partial charge >= 0.3 is 5.97 Å². The first-order chi connectivity index (χ1) is 12.1. The molecule has 0 atom stereocenters. The van der Waals surface area contributed by atoms with Gasteiger partial charge in [-0.3, -0.25) is 4.79 Å². The molecular weight excluding hydrogens is 324 g/mol. The number of nitrogens with zero attached hydrogens (tertiary/aromatic N) is 1. The lowest BCUT2D eigenvalue weighted by molar-refractivity contribution is -0.149. The van der Waals surface area contributed by atoms with Gasteiger partial charge in [0.05, 0.1) is 0 Å². The fourth-order valence-electron chi connectivity index (χ4n) is 2.25. The quantitative estimate of drug-likeness (QED) is 0.694. The van der Waals surface area contributed by atoms with E-state index in [2.05, 4.69) is 10.5 Å². The van der Waals surface area contributed by atoms with Gasteiger partial charge in [0, 0.05) is 17.1 Å². The fraction of sp³-hybridized carbons (Fsp3) is 0.167. The Balaban J connectivity index is 1.49. The van der Waals surface area contributed by atoms with Crippen LogP contribution < -0.4 is 10.1 Å². The number of fused-ring (bicyclic) bond motifs is 1. The van der Waals surface area contributed by atoms with E-state index in [4.69, 9.17) is 14.0 Å². The van der Waals surface area contributed by atoms with Crippen LogP contribution in [0.15, 0.2) is 53.1 Å². The van der Waals surface area contributed by atoms with E-state index in [-0.39, 0.29) is 12.5 Å². The van der Waals surface area contributed by atoms with Crippen molar-refractivity contribution in [3.05, 3.63) is 54.3 Å². The molecule has 0 unspecified atom stereocenters. The smallest absolute Gasteiger partial charge is 0.344 e. The van der Waals surface area contributed by atoms with E-state index in [0.29, 0.717) is 11.4 Å². The standard InChI is InChI=1S/C18H16N2O5/c1-12-9-17(20-25-12)23-11-18(22)24-10-16(21)19-15-8-4-6-13-5-2-3-7-14(13)15/h2-9H,10-11H2,1H3,(H,19,21). The number of anilines is 1. The number of esters is 1. The van der Waals surface area contributed by atoms with Crippen molar-refractivity contribution in [2.45, 2.75) is 6.92 Å². The van der Waals surface area contributed by atoms with Crippen LogP contribution in [-0.4, -0.2) is 30.2 Å². The molecule has 7 nitrogen and oxygen atoms in total. The van der Waals surface area contributed by atoms with Gasteiger partial charge in [-0.25, -0.2) is 4.79 Å². The number of hydrogen-bond acceptors (Lipinski definition) is 6. The zero-order valence-corrected chi connectivity index (χ0v) is 13.5. The summed E-state index contributed by atoms with van der Waals surface area (Å²) < 4.78 is 14.8. The highest BCUT2D eigenvalue weighted by Gasteiger charge is 2.11. The van der Waals surface area contributed by atoms with Gasteiger partial charge < -0.3 is 19.3 Å². The average molecular weight is 340 g/mol. The zero-order chi connectivity index (χ0) is 17.6. The second kappa shape index (κ2) is 7.48. The van der Waals surface area contributed by atoms with Crippen molar-refractivity contribution < 1.29 is 23.6 Å². The number of hydrogen-bond donors (Lipinski definition) is 1. The lowest BCUT2D eigenvalue weighted by Gasteiger charge is -2.09. The summed E-state index contributed by atoms with van der Waals surface area (Å²) in [4.78, 5) is 23.6. The van der Waals surface area contributed by atoms with Gasteiger partial charge in [-0.2, -0.15) is 0 Å². The van der Waals surface area contributed by atoms with Crippen LogP contribution in [0.2, 0.25) is 0 Å². The van der Waals surface area contributed by atoms with Gasteiger partial charge in [-0.05, 0) is 23.5 Å². The molecule has 0 saturated carbocycles. The van der Waals surface area contributed by atoms with Gasteiger partial charge in [0.2, 0.25) is 0 Å². The number of nitrogens with one attached hydrogen (secondary N) is 1. The molecule has 1 amide bonds. The topological polar surface area (TPSA) is 90.7 Å². The van der Waals surface area contributed by atoms with E-state index < -0.39 is 18.5 Å². The average Bonchev–Trinajstić information content (AvgIpc) is 3.04. The van der Waals surface area contributed by atoms with Crippen LogP contribution in [0.3, 0.4) is 0 Å². The van der Waals surface area contributed by atoms with Crippen LogP contribution in [0.1, 0.15) is 5.76 Å². The molecular formula is C18H16N2O5. The normalized spacial score (nSPS) is 10.4. The molecule has 7 heteroatoms. The van der Waals surface area contributed by atoms with Gasteiger partial charge in [-0.15, -0.1) is 0 Å². The Morgan fingerprint density at radius 2 is 1.92 bits per heavy atom. The van der Waals surface area contributed by atoms with Crippen molar-refractivity contribution in [1.82, 2.24) is 5.16 Å². The van der Waals surface area contributed by atoms with Crippen molar-refractivity contribution in [2.75, 3.05) is 18.5 Å². The van der Waals surface area contributed by atoms with Crippen molar-refractivity contribution in [2.24, 2.45) is 0 Å². The molecule has 3 rings (SSSR count). The molecule has 2 aromatic carbocycles. The van der Waals surface area contributed by atoms with Crippen LogP contribution in [0.5, 0.6) is 5.88 Å². The Kier molecular flexibility index (Phi) is 4.94. The maximum Gasteiger partial charge on any atom is 0.344 e. The predicted molar refractivity (Wildman–Crippen MR) is 90.3 cm³/mol. The third-order valence-electron chi connectivity index (χ3n) is 3.37. The van der Waals surface area contributed by atoms with E-state index in [1.807, 2.05) is 36.4 Å². The van der Waals surface area contributed by atoms with E-state index >= 15 is 0 Å². The van der Waals surface area contributed by atoms with Gasteiger partial charge in [-0.1, -0.05) is 36.4 Å². The molecule has 0 bridgehead atoms. The molecule has 0 aliphatic carbocycles. The summed E-state index contributed by atoms with van der Waals surface area (Å²) in [6.45, 7) is 0.951. The third-order valence-corrected chi connectivity index (χ3v) is 3.37. The lowest BCUT2D eigenvalue weighted by atomic mass is 10.1. The Labute approximate surface area is 143 Å². The number of aromatic nitrogens is 1. The van der Waals surface area contributed by atoms with Gasteiger partial charge in [0.25, 0.3) is 11.8 Å². The van der Waals surface area contributed by atoms with Crippen LogP contribution in [0.4, 0.5) is 5.69 Å². The fourth-order valence-corrected chi connectivity index (χ4v) is 2.25. The zero-order valence-electron chi connectivity index (χ0n) is 13.5. The molecule has 0 spiro atoms. The molecule has 3 aromatic rings. The molecule has 1 N–H and O–H groups in total. The first-order valence-corrected chi connectivity index (χ1v) is 7.61.